The molecular formula is C30H33N3O5S. The summed E-state index contributed by atoms with van der Waals surface area (Å²) in [4.78, 5) is 39.2. The Kier molecular flexibility index (Phi) is 9.49. The Balaban J connectivity index is 1.35. The van der Waals surface area contributed by atoms with Crippen LogP contribution in [-0.4, -0.2) is 36.7 Å². The van der Waals surface area contributed by atoms with E-state index in [9.17, 15) is 14.4 Å². The van der Waals surface area contributed by atoms with E-state index in [1.807, 2.05) is 24.3 Å². The summed E-state index contributed by atoms with van der Waals surface area (Å²) in [7, 11) is 0. The third kappa shape index (κ3) is 7.11. The van der Waals surface area contributed by atoms with Crippen LogP contribution in [0, 0.1) is 0 Å². The highest BCUT2D eigenvalue weighted by Gasteiger charge is 2.27. The first kappa shape index (κ1) is 28.0. The van der Waals surface area contributed by atoms with Gasteiger partial charge in [0.1, 0.15) is 10.8 Å². The first-order valence-corrected chi connectivity index (χ1v) is 14.0. The molecule has 0 saturated heterocycles. The molecule has 1 aliphatic rings. The van der Waals surface area contributed by atoms with Gasteiger partial charge in [-0.2, -0.15) is 5.10 Å². The summed E-state index contributed by atoms with van der Waals surface area (Å²) in [6.45, 7) is 5.75. The lowest BCUT2D eigenvalue weighted by atomic mass is 9.95. The molecule has 204 valence electrons. The Morgan fingerprint density at radius 2 is 1.74 bits per heavy atom. The molecule has 0 radical (unpaired) electrons. The number of aryl methyl sites for hydroxylation is 2. The third-order valence-electron chi connectivity index (χ3n) is 6.45. The van der Waals surface area contributed by atoms with Gasteiger partial charge in [0.05, 0.1) is 18.4 Å². The topological polar surface area (TPSA) is 106 Å². The van der Waals surface area contributed by atoms with E-state index in [-0.39, 0.29) is 12.5 Å². The zero-order chi connectivity index (χ0) is 27.8. The van der Waals surface area contributed by atoms with Crippen LogP contribution in [-0.2, 0) is 28.8 Å². The van der Waals surface area contributed by atoms with E-state index in [1.165, 1.54) is 16.9 Å². The summed E-state index contributed by atoms with van der Waals surface area (Å²) in [5, 5.41) is 7.43. The van der Waals surface area contributed by atoms with Gasteiger partial charge in [-0.1, -0.05) is 31.2 Å². The van der Waals surface area contributed by atoms with Crippen molar-refractivity contribution in [2.75, 3.05) is 11.9 Å². The number of anilines is 1. The molecule has 39 heavy (non-hydrogen) atoms. The quantitative estimate of drug-likeness (QED) is 0.197. The zero-order valence-corrected chi connectivity index (χ0v) is 23.2. The second kappa shape index (κ2) is 13.2. The minimum absolute atomic E-state index is 0.272. The van der Waals surface area contributed by atoms with Crippen LogP contribution in [0.2, 0.25) is 0 Å². The molecule has 0 bridgehead atoms. The number of nitrogens with one attached hydrogen (secondary N) is 2. The molecule has 4 rings (SSSR count). The van der Waals surface area contributed by atoms with Gasteiger partial charge >= 0.3 is 5.97 Å². The van der Waals surface area contributed by atoms with Crippen molar-refractivity contribution in [2.45, 2.75) is 59.0 Å². The number of rotatable bonds is 10. The molecule has 0 saturated carbocycles. The molecule has 1 heterocycles. The molecule has 2 amide bonds. The summed E-state index contributed by atoms with van der Waals surface area (Å²) in [5.74, 6) is -0.696. The maximum atomic E-state index is 13.0. The van der Waals surface area contributed by atoms with Crippen LogP contribution in [0.5, 0.6) is 5.75 Å². The molecule has 1 atom stereocenters. The summed E-state index contributed by atoms with van der Waals surface area (Å²) in [6, 6.07) is 14.4. The molecule has 2 N–H and O–H groups in total. The molecule has 1 aliphatic carbocycles. The monoisotopic (exact) mass is 547 g/mol. The molecular weight excluding hydrogens is 514 g/mol. The normalized spacial score (nSPS) is 13.4. The molecule has 1 aromatic heterocycles. The first-order valence-electron chi connectivity index (χ1n) is 13.2. The Labute approximate surface area is 232 Å². The maximum absolute atomic E-state index is 13.0. The number of amides is 2. The Morgan fingerprint density at radius 3 is 2.44 bits per heavy atom. The number of thiophene rings is 1. The van der Waals surface area contributed by atoms with E-state index in [0.717, 1.165) is 48.1 Å². The highest BCUT2D eigenvalue weighted by atomic mass is 32.1. The standard InChI is InChI=1S/C30H33N3O5S/c1-4-20-10-12-21(13-11-20)18-31-33-27(34)19(3)38-23-16-14-22(15-17-23)28(35)32-29-26(30(36)37-5-2)24-8-6-7-9-25(24)39-29/h10-19H,4-9H2,1-3H3,(H,32,35)(H,33,34)/b31-18-/t19-/m1/s1. The van der Waals surface area contributed by atoms with Crippen LogP contribution >= 0.6 is 11.3 Å². The number of carbonyl (C=O) groups is 3. The number of esters is 1. The summed E-state index contributed by atoms with van der Waals surface area (Å²) >= 11 is 1.45. The number of nitrogens with zero attached hydrogens (tertiary/aromatic N) is 1. The molecule has 0 spiro atoms. The van der Waals surface area contributed by atoms with Crippen molar-refractivity contribution in [1.82, 2.24) is 5.43 Å². The lowest BCUT2D eigenvalue weighted by Crippen LogP contribution is -2.33. The lowest BCUT2D eigenvalue weighted by Gasteiger charge is -2.13. The second-order valence-electron chi connectivity index (χ2n) is 9.20. The Morgan fingerprint density at radius 1 is 1.03 bits per heavy atom. The van der Waals surface area contributed by atoms with Crippen molar-refractivity contribution < 1.29 is 23.9 Å². The molecule has 0 aliphatic heterocycles. The smallest absolute Gasteiger partial charge is 0.341 e. The van der Waals surface area contributed by atoms with Crippen molar-refractivity contribution >= 4 is 40.3 Å². The van der Waals surface area contributed by atoms with Crippen molar-refractivity contribution in [1.29, 1.82) is 0 Å². The molecule has 0 unspecified atom stereocenters. The molecule has 0 fully saturated rings. The van der Waals surface area contributed by atoms with E-state index in [2.05, 4.69) is 22.8 Å². The van der Waals surface area contributed by atoms with Gasteiger partial charge in [-0.05, 0) is 86.9 Å². The fraction of sp³-hybridized carbons (Fsp3) is 0.333. The van der Waals surface area contributed by atoms with E-state index in [4.69, 9.17) is 9.47 Å². The number of hydrogen-bond donors (Lipinski definition) is 2. The van der Waals surface area contributed by atoms with E-state index in [1.54, 1.807) is 44.3 Å². The summed E-state index contributed by atoms with van der Waals surface area (Å²) in [6.07, 6.45) is 5.54. The summed E-state index contributed by atoms with van der Waals surface area (Å²) < 4.78 is 11.0. The Hall–Kier alpha value is -3.98. The van der Waals surface area contributed by atoms with Crippen molar-refractivity contribution in [2.24, 2.45) is 5.10 Å². The minimum atomic E-state index is -0.797. The lowest BCUT2D eigenvalue weighted by molar-refractivity contribution is -0.127. The maximum Gasteiger partial charge on any atom is 0.341 e. The number of hydrazone groups is 1. The second-order valence-corrected chi connectivity index (χ2v) is 10.3. The average Bonchev–Trinajstić information content (AvgIpc) is 3.31. The van der Waals surface area contributed by atoms with Crippen LogP contribution < -0.4 is 15.5 Å². The number of carbonyl (C=O) groups excluding carboxylic acids is 3. The van der Waals surface area contributed by atoms with Crippen LogP contribution in [0.4, 0.5) is 5.00 Å². The summed E-state index contributed by atoms with van der Waals surface area (Å²) in [5.41, 5.74) is 6.47. The van der Waals surface area contributed by atoms with Crippen LogP contribution in [0.25, 0.3) is 0 Å². The molecule has 8 nitrogen and oxygen atoms in total. The van der Waals surface area contributed by atoms with Crippen molar-refractivity contribution in [3.05, 3.63) is 81.2 Å². The zero-order valence-electron chi connectivity index (χ0n) is 22.4. The minimum Gasteiger partial charge on any atom is -0.481 e. The van der Waals surface area contributed by atoms with Crippen LogP contribution in [0.1, 0.15) is 75.9 Å². The van der Waals surface area contributed by atoms with Gasteiger partial charge in [-0.25, -0.2) is 10.2 Å². The Bertz CT molecular complexity index is 1350. The average molecular weight is 548 g/mol. The number of benzene rings is 2. The van der Waals surface area contributed by atoms with Gasteiger partial charge in [0.2, 0.25) is 0 Å². The molecule has 3 aromatic rings. The fourth-order valence-electron chi connectivity index (χ4n) is 4.29. The molecule has 9 heteroatoms. The fourth-order valence-corrected chi connectivity index (χ4v) is 5.56. The van der Waals surface area contributed by atoms with Crippen molar-refractivity contribution in [3.63, 3.8) is 0 Å². The van der Waals surface area contributed by atoms with Gasteiger partial charge in [-0.15, -0.1) is 11.3 Å². The highest BCUT2D eigenvalue weighted by Crippen LogP contribution is 2.38. The largest absolute Gasteiger partial charge is 0.481 e. The number of ether oxygens (including phenoxy) is 2. The third-order valence-corrected chi connectivity index (χ3v) is 7.66. The van der Waals surface area contributed by atoms with E-state index in [0.29, 0.717) is 21.9 Å². The van der Waals surface area contributed by atoms with Gasteiger partial charge < -0.3 is 14.8 Å². The van der Waals surface area contributed by atoms with Gasteiger partial charge in [0, 0.05) is 10.4 Å². The van der Waals surface area contributed by atoms with Gasteiger partial charge in [0.15, 0.2) is 6.10 Å². The van der Waals surface area contributed by atoms with E-state index >= 15 is 0 Å². The first-order chi connectivity index (χ1) is 18.9. The SMILES string of the molecule is CCOC(=O)c1c(NC(=O)c2ccc(O[C@H](C)C(=O)N/N=C\c3ccc(CC)cc3)cc2)sc2c1CCCC2. The predicted octanol–water partition coefficient (Wildman–Crippen LogP) is 5.54. The van der Waals surface area contributed by atoms with Gasteiger partial charge in [-0.3, -0.25) is 9.59 Å². The van der Waals surface area contributed by atoms with E-state index < -0.39 is 18.0 Å². The highest BCUT2D eigenvalue weighted by molar-refractivity contribution is 7.17. The molecule has 2 aromatic carbocycles. The van der Waals surface area contributed by atoms with Crippen LogP contribution in [0.3, 0.4) is 0 Å². The van der Waals surface area contributed by atoms with Crippen LogP contribution in [0.15, 0.2) is 53.6 Å². The van der Waals surface area contributed by atoms with Crippen molar-refractivity contribution in [3.8, 4) is 5.75 Å². The number of hydrogen-bond acceptors (Lipinski definition) is 7. The van der Waals surface area contributed by atoms with Gasteiger partial charge in [0.25, 0.3) is 11.8 Å². The predicted molar refractivity (Wildman–Crippen MR) is 153 cm³/mol. The number of fused-ring (bicyclic) bond motifs is 1.